The lowest BCUT2D eigenvalue weighted by Crippen LogP contribution is -2.48. The summed E-state index contributed by atoms with van der Waals surface area (Å²) < 4.78 is 37.1. The molecule has 9 heteroatoms. The molecule has 2 aromatic rings. The van der Waals surface area contributed by atoms with Crippen molar-refractivity contribution >= 4 is 33.3 Å². The lowest BCUT2D eigenvalue weighted by atomic mass is 10.1. The topological polar surface area (TPSA) is 76.1 Å². The van der Waals surface area contributed by atoms with Gasteiger partial charge in [0.05, 0.1) is 12.0 Å². The molecule has 0 saturated carbocycles. The normalized spacial score (nSPS) is 15.2. The number of halogens is 1. The van der Waals surface area contributed by atoms with Crippen molar-refractivity contribution in [1.29, 1.82) is 0 Å². The van der Waals surface area contributed by atoms with Crippen LogP contribution in [0.4, 0.5) is 5.69 Å². The maximum Gasteiger partial charge on any atom is 0.343 e. The summed E-state index contributed by atoms with van der Waals surface area (Å²) in [6.45, 7) is 3.72. The number of hydrogen-bond donors (Lipinski definition) is 0. The fraction of sp³-hybridized carbons (Fsp3) is 0.350. The van der Waals surface area contributed by atoms with Crippen molar-refractivity contribution in [2.45, 2.75) is 11.8 Å². The number of sulfonamides is 1. The first-order chi connectivity index (χ1) is 13.8. The van der Waals surface area contributed by atoms with Gasteiger partial charge in [-0.2, -0.15) is 4.31 Å². The van der Waals surface area contributed by atoms with E-state index in [0.717, 1.165) is 11.3 Å². The van der Waals surface area contributed by atoms with E-state index in [4.69, 9.17) is 16.3 Å². The minimum atomic E-state index is -3.61. The van der Waals surface area contributed by atoms with Crippen LogP contribution in [0.1, 0.15) is 5.56 Å². The Bertz CT molecular complexity index is 971. The Kier molecular flexibility index (Phi) is 6.66. The van der Waals surface area contributed by atoms with E-state index >= 15 is 0 Å². The third-order valence-electron chi connectivity index (χ3n) is 4.80. The van der Waals surface area contributed by atoms with Crippen molar-refractivity contribution in [3.8, 4) is 5.75 Å². The van der Waals surface area contributed by atoms with Crippen LogP contribution in [0.25, 0.3) is 0 Å². The van der Waals surface area contributed by atoms with Gasteiger partial charge in [0.15, 0.2) is 6.61 Å². The fourth-order valence-corrected chi connectivity index (χ4v) is 4.74. The van der Waals surface area contributed by atoms with Crippen molar-refractivity contribution in [3.63, 3.8) is 0 Å². The predicted octanol–water partition coefficient (Wildman–Crippen LogP) is 2.71. The van der Waals surface area contributed by atoms with Gasteiger partial charge in [0.25, 0.3) is 0 Å². The molecule has 1 heterocycles. The van der Waals surface area contributed by atoms with Gasteiger partial charge < -0.3 is 14.4 Å². The minimum Gasteiger partial charge on any atom is -0.482 e. The van der Waals surface area contributed by atoms with E-state index in [1.807, 2.05) is 25.1 Å². The second kappa shape index (κ2) is 9.02. The predicted molar refractivity (Wildman–Crippen MR) is 111 cm³/mol. The van der Waals surface area contributed by atoms with E-state index in [2.05, 4.69) is 9.64 Å². The lowest BCUT2D eigenvalue weighted by molar-refractivity contribution is -0.142. The Morgan fingerprint density at radius 2 is 1.72 bits per heavy atom. The van der Waals surface area contributed by atoms with Crippen molar-refractivity contribution in [2.24, 2.45) is 0 Å². The molecular formula is C20H23ClN2O5S. The molecular weight excluding hydrogens is 416 g/mol. The Balaban J connectivity index is 1.65. The van der Waals surface area contributed by atoms with Gasteiger partial charge in [0.1, 0.15) is 5.75 Å². The van der Waals surface area contributed by atoms with Crippen LogP contribution >= 0.6 is 11.6 Å². The summed E-state index contributed by atoms with van der Waals surface area (Å²) in [7, 11) is -2.33. The van der Waals surface area contributed by atoms with E-state index in [1.54, 1.807) is 0 Å². The van der Waals surface area contributed by atoms with Gasteiger partial charge in [-0.3, -0.25) is 0 Å². The molecule has 0 radical (unpaired) electrons. The number of carbonyl (C=O) groups is 1. The van der Waals surface area contributed by atoms with Gasteiger partial charge in [-0.15, -0.1) is 0 Å². The molecule has 0 bridgehead atoms. The molecule has 156 valence electrons. The van der Waals surface area contributed by atoms with Gasteiger partial charge >= 0.3 is 5.97 Å². The SMILES string of the molecule is COC(=O)COc1ccc(S(=O)(=O)N2CCN(c3cc(Cl)ccc3C)CC2)cc1. The third kappa shape index (κ3) is 5.01. The number of esters is 1. The number of aryl methyl sites for hydroxylation is 1. The summed E-state index contributed by atoms with van der Waals surface area (Å²) in [6.07, 6.45) is 0. The number of nitrogens with zero attached hydrogens (tertiary/aromatic N) is 2. The van der Waals surface area contributed by atoms with Gasteiger partial charge in [-0.1, -0.05) is 17.7 Å². The Labute approximate surface area is 175 Å². The summed E-state index contributed by atoms with van der Waals surface area (Å²) in [6, 6.07) is 11.7. The quantitative estimate of drug-likeness (QED) is 0.645. The summed E-state index contributed by atoms with van der Waals surface area (Å²) in [5.74, 6) is -0.106. The summed E-state index contributed by atoms with van der Waals surface area (Å²) >= 11 is 6.11. The third-order valence-corrected chi connectivity index (χ3v) is 6.94. The van der Waals surface area contributed by atoms with Crippen LogP contribution in [0, 0.1) is 6.92 Å². The zero-order valence-corrected chi connectivity index (χ0v) is 17.9. The molecule has 2 aromatic carbocycles. The Hall–Kier alpha value is -2.29. The second-order valence-electron chi connectivity index (χ2n) is 6.66. The average Bonchev–Trinajstić information content (AvgIpc) is 2.74. The van der Waals surface area contributed by atoms with Crippen LogP contribution in [0.15, 0.2) is 47.4 Å². The molecule has 7 nitrogen and oxygen atoms in total. The van der Waals surface area contributed by atoms with Gasteiger partial charge in [0, 0.05) is 36.9 Å². The standard InChI is InChI=1S/C20H23ClN2O5S/c1-15-3-4-16(21)13-19(15)22-9-11-23(12-10-22)29(25,26)18-7-5-17(6-8-18)28-14-20(24)27-2/h3-8,13H,9-12,14H2,1-2H3. The second-order valence-corrected chi connectivity index (χ2v) is 9.03. The number of anilines is 1. The number of benzene rings is 2. The zero-order valence-electron chi connectivity index (χ0n) is 16.3. The van der Waals surface area contributed by atoms with Crippen LogP contribution in [0.3, 0.4) is 0 Å². The van der Waals surface area contributed by atoms with E-state index in [-0.39, 0.29) is 11.5 Å². The number of rotatable bonds is 6. The highest BCUT2D eigenvalue weighted by atomic mass is 35.5. The van der Waals surface area contributed by atoms with Crippen molar-refractivity contribution in [1.82, 2.24) is 4.31 Å². The van der Waals surface area contributed by atoms with Crippen LogP contribution in [-0.4, -0.2) is 58.6 Å². The maximum absolute atomic E-state index is 12.9. The minimum absolute atomic E-state index is 0.190. The Morgan fingerprint density at radius 3 is 2.34 bits per heavy atom. The van der Waals surface area contributed by atoms with Gasteiger partial charge in [-0.25, -0.2) is 13.2 Å². The largest absolute Gasteiger partial charge is 0.482 e. The molecule has 1 fully saturated rings. The highest BCUT2D eigenvalue weighted by molar-refractivity contribution is 7.89. The summed E-state index contributed by atoms with van der Waals surface area (Å²) in [4.78, 5) is 13.5. The molecule has 0 unspecified atom stereocenters. The molecule has 1 aliphatic rings. The molecule has 0 aliphatic carbocycles. The van der Waals surface area contributed by atoms with Gasteiger partial charge in [0.2, 0.25) is 10.0 Å². The van der Waals surface area contributed by atoms with Crippen molar-refractivity contribution in [3.05, 3.63) is 53.1 Å². The molecule has 0 spiro atoms. The molecule has 1 aliphatic heterocycles. The molecule has 29 heavy (non-hydrogen) atoms. The zero-order chi connectivity index (χ0) is 21.0. The first-order valence-corrected chi connectivity index (χ1v) is 10.9. The van der Waals surface area contributed by atoms with Crippen LogP contribution in [0.2, 0.25) is 5.02 Å². The van der Waals surface area contributed by atoms with Crippen LogP contribution in [0.5, 0.6) is 5.75 Å². The number of methoxy groups -OCH3 is 1. The molecule has 0 N–H and O–H groups in total. The molecule has 0 amide bonds. The highest BCUT2D eigenvalue weighted by Gasteiger charge is 2.29. The average molecular weight is 439 g/mol. The number of hydrogen-bond acceptors (Lipinski definition) is 6. The van der Waals surface area contributed by atoms with E-state index < -0.39 is 16.0 Å². The fourth-order valence-electron chi connectivity index (χ4n) is 3.15. The lowest BCUT2D eigenvalue weighted by Gasteiger charge is -2.36. The molecule has 0 aromatic heterocycles. The van der Waals surface area contributed by atoms with Crippen molar-refractivity contribution < 1.29 is 22.7 Å². The number of carbonyl (C=O) groups excluding carboxylic acids is 1. The molecule has 1 saturated heterocycles. The number of piperazine rings is 1. The smallest absolute Gasteiger partial charge is 0.343 e. The van der Waals surface area contributed by atoms with Crippen molar-refractivity contribution in [2.75, 3.05) is 44.8 Å². The summed E-state index contributed by atoms with van der Waals surface area (Å²) in [5.41, 5.74) is 2.13. The van der Waals surface area contributed by atoms with E-state index in [9.17, 15) is 13.2 Å². The number of ether oxygens (including phenoxy) is 2. The summed E-state index contributed by atoms with van der Waals surface area (Å²) in [5, 5.41) is 0.662. The molecule has 0 atom stereocenters. The first kappa shape index (κ1) is 21.4. The monoisotopic (exact) mass is 438 g/mol. The van der Waals surface area contributed by atoms with Crippen LogP contribution in [-0.2, 0) is 19.6 Å². The Morgan fingerprint density at radius 1 is 1.07 bits per heavy atom. The highest BCUT2D eigenvalue weighted by Crippen LogP contribution is 2.27. The van der Waals surface area contributed by atoms with E-state index in [1.165, 1.54) is 35.7 Å². The van der Waals surface area contributed by atoms with Crippen LogP contribution < -0.4 is 9.64 Å². The molecule has 3 rings (SSSR count). The van der Waals surface area contributed by atoms with Gasteiger partial charge in [-0.05, 0) is 48.9 Å². The van der Waals surface area contributed by atoms with E-state index in [0.29, 0.717) is 37.0 Å². The first-order valence-electron chi connectivity index (χ1n) is 9.12. The maximum atomic E-state index is 12.9.